The number of hydrogen-bond donors (Lipinski definition) is 4. The van der Waals surface area contributed by atoms with Gasteiger partial charge in [0.2, 0.25) is 0 Å². The Kier molecular flexibility index (Phi) is 6.22. The van der Waals surface area contributed by atoms with Gasteiger partial charge in [0.15, 0.2) is 11.5 Å². The van der Waals surface area contributed by atoms with Gasteiger partial charge in [-0.2, -0.15) is 0 Å². The predicted molar refractivity (Wildman–Crippen MR) is 130 cm³/mol. The Balaban J connectivity index is 1.33. The summed E-state index contributed by atoms with van der Waals surface area (Å²) in [6, 6.07) is 15.4. The van der Waals surface area contributed by atoms with Crippen molar-refractivity contribution < 1.29 is 9.59 Å². The number of amides is 2. The Labute approximate surface area is 198 Å². The largest absolute Gasteiger partial charge is 0.382 e. The molecule has 1 fully saturated rings. The number of aromatic nitrogens is 2. The first-order chi connectivity index (χ1) is 16.6. The lowest BCUT2D eigenvalue weighted by Crippen LogP contribution is -2.46. The normalized spacial score (nSPS) is 19.3. The molecule has 8 heteroatoms. The summed E-state index contributed by atoms with van der Waals surface area (Å²) < 4.78 is 0. The molecule has 2 aromatic carbocycles. The molecule has 1 aliphatic carbocycles. The SMILES string of the molecule is Nc1ncc(-c2cccc(C(=O)NC3CCc4ccccc43)c2)nc1C(=O)NC1CCCNC1. The van der Waals surface area contributed by atoms with Gasteiger partial charge >= 0.3 is 0 Å². The molecule has 2 aliphatic rings. The highest BCUT2D eigenvalue weighted by atomic mass is 16.2. The maximum Gasteiger partial charge on any atom is 0.274 e. The Bertz CT molecular complexity index is 1220. The fraction of sp³-hybridized carbons (Fsp3) is 0.308. The van der Waals surface area contributed by atoms with E-state index in [9.17, 15) is 9.59 Å². The van der Waals surface area contributed by atoms with Gasteiger partial charge in [-0.05, 0) is 55.5 Å². The highest BCUT2D eigenvalue weighted by Crippen LogP contribution is 2.31. The Hall–Kier alpha value is -3.78. The molecule has 2 atom stereocenters. The number of aryl methyl sites for hydroxylation is 1. The fourth-order valence-corrected chi connectivity index (χ4v) is 4.70. The smallest absolute Gasteiger partial charge is 0.274 e. The maximum absolute atomic E-state index is 13.0. The standard InChI is InChI=1S/C26H28N6O2/c27-24-23(26(34)30-19-8-4-12-28-14-19)31-22(15-29-24)17-6-3-7-18(13-17)25(33)32-21-11-10-16-5-1-2-9-20(16)21/h1-3,5-7,9,13,15,19,21,28H,4,8,10-12,14H2,(H2,27,29)(H,30,34)(H,32,33). The lowest BCUT2D eigenvalue weighted by molar-refractivity contribution is 0.0921. The summed E-state index contributed by atoms with van der Waals surface area (Å²) in [6.07, 6.45) is 5.30. The zero-order chi connectivity index (χ0) is 23.5. The molecular formula is C26H28N6O2. The van der Waals surface area contributed by atoms with Crippen molar-refractivity contribution in [2.24, 2.45) is 0 Å². The maximum atomic E-state index is 13.0. The van der Waals surface area contributed by atoms with Crippen LogP contribution in [0.3, 0.4) is 0 Å². The topological polar surface area (TPSA) is 122 Å². The van der Waals surface area contributed by atoms with Crippen molar-refractivity contribution in [2.75, 3.05) is 18.8 Å². The van der Waals surface area contributed by atoms with Crippen molar-refractivity contribution in [3.8, 4) is 11.3 Å². The lowest BCUT2D eigenvalue weighted by atomic mass is 10.1. The van der Waals surface area contributed by atoms with Crippen molar-refractivity contribution in [2.45, 2.75) is 37.8 Å². The Morgan fingerprint density at radius 3 is 2.76 bits per heavy atom. The summed E-state index contributed by atoms with van der Waals surface area (Å²) in [5.41, 5.74) is 10.2. The van der Waals surface area contributed by atoms with Crippen LogP contribution in [-0.2, 0) is 6.42 Å². The molecule has 0 bridgehead atoms. The van der Waals surface area contributed by atoms with Crippen LogP contribution in [0, 0.1) is 0 Å². The van der Waals surface area contributed by atoms with Crippen LogP contribution in [-0.4, -0.2) is 40.9 Å². The number of carbonyl (C=O) groups excluding carboxylic acids is 2. The van der Waals surface area contributed by atoms with Crippen molar-refractivity contribution in [3.05, 3.63) is 77.1 Å². The van der Waals surface area contributed by atoms with Crippen LogP contribution in [0.1, 0.15) is 57.3 Å². The third-order valence-electron chi connectivity index (χ3n) is 6.51. The number of benzene rings is 2. The average molecular weight is 457 g/mol. The first-order valence-corrected chi connectivity index (χ1v) is 11.7. The zero-order valence-corrected chi connectivity index (χ0v) is 18.9. The van der Waals surface area contributed by atoms with Crippen LogP contribution in [0.4, 0.5) is 5.82 Å². The quantitative estimate of drug-likeness (QED) is 0.468. The number of fused-ring (bicyclic) bond motifs is 1. The highest BCUT2D eigenvalue weighted by molar-refractivity contribution is 5.97. The van der Waals surface area contributed by atoms with Gasteiger partial charge in [0, 0.05) is 23.7 Å². The van der Waals surface area contributed by atoms with Gasteiger partial charge in [0.1, 0.15) is 0 Å². The molecular weight excluding hydrogens is 428 g/mol. The third kappa shape index (κ3) is 4.63. The second-order valence-corrected chi connectivity index (χ2v) is 8.85. The van der Waals surface area contributed by atoms with Gasteiger partial charge in [0.05, 0.1) is 17.9 Å². The molecule has 174 valence electrons. The molecule has 34 heavy (non-hydrogen) atoms. The summed E-state index contributed by atoms with van der Waals surface area (Å²) in [7, 11) is 0. The molecule has 2 unspecified atom stereocenters. The number of piperidine rings is 1. The van der Waals surface area contributed by atoms with Crippen LogP contribution >= 0.6 is 0 Å². The van der Waals surface area contributed by atoms with Gasteiger partial charge in [-0.15, -0.1) is 0 Å². The van der Waals surface area contributed by atoms with E-state index in [0.717, 1.165) is 38.8 Å². The summed E-state index contributed by atoms with van der Waals surface area (Å²) in [5, 5.41) is 9.41. The summed E-state index contributed by atoms with van der Waals surface area (Å²) >= 11 is 0. The van der Waals surface area contributed by atoms with E-state index in [1.165, 1.54) is 17.3 Å². The van der Waals surface area contributed by atoms with Gasteiger partial charge in [-0.3, -0.25) is 9.59 Å². The summed E-state index contributed by atoms with van der Waals surface area (Å²) in [5.74, 6) is -0.400. The highest BCUT2D eigenvalue weighted by Gasteiger charge is 2.24. The van der Waals surface area contributed by atoms with E-state index in [-0.39, 0.29) is 35.4 Å². The number of nitrogen functional groups attached to an aromatic ring is 1. The molecule has 5 rings (SSSR count). The Morgan fingerprint density at radius 2 is 1.91 bits per heavy atom. The van der Waals surface area contributed by atoms with Gasteiger partial charge in [-0.1, -0.05) is 36.4 Å². The number of carbonyl (C=O) groups is 2. The van der Waals surface area contributed by atoms with Gasteiger partial charge in [0.25, 0.3) is 11.8 Å². The van der Waals surface area contributed by atoms with E-state index < -0.39 is 0 Å². The summed E-state index contributed by atoms with van der Waals surface area (Å²) in [6.45, 7) is 1.68. The van der Waals surface area contributed by atoms with Crippen LogP contribution in [0.25, 0.3) is 11.3 Å². The van der Waals surface area contributed by atoms with E-state index in [1.807, 2.05) is 18.2 Å². The minimum Gasteiger partial charge on any atom is -0.382 e. The number of nitrogens with zero attached hydrogens (tertiary/aromatic N) is 2. The minimum atomic E-state index is -0.339. The lowest BCUT2D eigenvalue weighted by Gasteiger charge is -2.23. The summed E-state index contributed by atoms with van der Waals surface area (Å²) in [4.78, 5) is 34.5. The molecule has 0 saturated carbocycles. The van der Waals surface area contributed by atoms with Gasteiger partial charge in [-0.25, -0.2) is 9.97 Å². The average Bonchev–Trinajstić information content (AvgIpc) is 3.27. The van der Waals surface area contributed by atoms with E-state index in [4.69, 9.17) is 5.73 Å². The fourth-order valence-electron chi connectivity index (χ4n) is 4.70. The van der Waals surface area contributed by atoms with Crippen molar-refractivity contribution in [1.82, 2.24) is 25.9 Å². The zero-order valence-electron chi connectivity index (χ0n) is 18.9. The first kappa shape index (κ1) is 22.0. The Morgan fingerprint density at radius 1 is 1.03 bits per heavy atom. The number of hydrogen-bond acceptors (Lipinski definition) is 6. The van der Waals surface area contributed by atoms with Crippen LogP contribution < -0.4 is 21.7 Å². The van der Waals surface area contributed by atoms with Crippen molar-refractivity contribution in [3.63, 3.8) is 0 Å². The van der Waals surface area contributed by atoms with Crippen molar-refractivity contribution >= 4 is 17.6 Å². The second kappa shape index (κ2) is 9.61. The van der Waals surface area contributed by atoms with E-state index >= 15 is 0 Å². The second-order valence-electron chi connectivity index (χ2n) is 8.85. The van der Waals surface area contributed by atoms with Crippen molar-refractivity contribution in [1.29, 1.82) is 0 Å². The molecule has 2 amide bonds. The van der Waals surface area contributed by atoms with E-state index in [0.29, 0.717) is 16.8 Å². The van der Waals surface area contributed by atoms with Crippen LogP contribution in [0.2, 0.25) is 0 Å². The van der Waals surface area contributed by atoms with Crippen LogP contribution in [0.15, 0.2) is 54.7 Å². The number of nitrogens with two attached hydrogens (primary N) is 1. The van der Waals surface area contributed by atoms with E-state index in [2.05, 4.69) is 38.1 Å². The monoisotopic (exact) mass is 456 g/mol. The predicted octanol–water partition coefficient (Wildman–Crippen LogP) is 2.62. The molecule has 0 spiro atoms. The minimum absolute atomic E-state index is 0.00764. The first-order valence-electron chi connectivity index (χ1n) is 11.7. The third-order valence-corrected chi connectivity index (χ3v) is 6.51. The number of anilines is 1. The number of nitrogens with one attached hydrogen (secondary N) is 3. The molecule has 3 aromatic rings. The molecule has 2 heterocycles. The number of rotatable bonds is 5. The molecule has 0 radical (unpaired) electrons. The van der Waals surface area contributed by atoms with E-state index in [1.54, 1.807) is 18.2 Å². The van der Waals surface area contributed by atoms with Crippen LogP contribution in [0.5, 0.6) is 0 Å². The molecule has 1 aliphatic heterocycles. The molecule has 8 nitrogen and oxygen atoms in total. The molecule has 1 saturated heterocycles. The molecule has 5 N–H and O–H groups in total. The van der Waals surface area contributed by atoms with Gasteiger partial charge < -0.3 is 21.7 Å². The molecule has 1 aromatic heterocycles.